The molecular formula is C12H13F2NO2. The Morgan fingerprint density at radius 2 is 1.82 bits per heavy atom. The van der Waals surface area contributed by atoms with Crippen LogP contribution >= 0.6 is 0 Å². The van der Waals surface area contributed by atoms with Crippen molar-refractivity contribution in [1.29, 1.82) is 0 Å². The molecule has 1 aromatic rings. The lowest BCUT2D eigenvalue weighted by Gasteiger charge is -2.44. The minimum Gasteiger partial charge on any atom is -0.465 e. The van der Waals surface area contributed by atoms with Gasteiger partial charge in [-0.2, -0.15) is 0 Å². The molecular weight excluding hydrogens is 228 g/mol. The molecule has 0 atom stereocenters. The molecule has 92 valence electrons. The predicted octanol–water partition coefficient (Wildman–Crippen LogP) is 2.06. The molecule has 0 heterocycles. The number of hydrogen-bond donors (Lipinski definition) is 1. The maximum Gasteiger partial charge on any atom is 0.337 e. The van der Waals surface area contributed by atoms with E-state index in [9.17, 15) is 13.6 Å². The van der Waals surface area contributed by atoms with Gasteiger partial charge in [-0.3, -0.25) is 0 Å². The first kappa shape index (κ1) is 12.0. The first-order valence-electron chi connectivity index (χ1n) is 5.22. The minimum atomic E-state index is -2.67. The van der Waals surface area contributed by atoms with Gasteiger partial charge in [-0.15, -0.1) is 0 Å². The van der Waals surface area contributed by atoms with Gasteiger partial charge in [0.25, 0.3) is 5.92 Å². The summed E-state index contributed by atoms with van der Waals surface area (Å²) in [6.45, 7) is 0. The van der Waals surface area contributed by atoms with Gasteiger partial charge in [-0.05, 0) is 17.7 Å². The van der Waals surface area contributed by atoms with E-state index in [-0.39, 0.29) is 12.8 Å². The summed E-state index contributed by atoms with van der Waals surface area (Å²) < 4.78 is 30.2. The molecule has 0 aliphatic heterocycles. The second-order valence-corrected chi connectivity index (χ2v) is 4.43. The maximum absolute atomic E-state index is 12.8. The average molecular weight is 241 g/mol. The highest BCUT2D eigenvalue weighted by atomic mass is 19.3. The molecule has 1 aliphatic rings. The summed E-state index contributed by atoms with van der Waals surface area (Å²) in [5.41, 5.74) is 5.89. The van der Waals surface area contributed by atoms with Crippen molar-refractivity contribution < 1.29 is 18.3 Å². The lowest BCUT2D eigenvalue weighted by atomic mass is 9.70. The molecule has 0 spiro atoms. The van der Waals surface area contributed by atoms with Crippen molar-refractivity contribution in [3.05, 3.63) is 35.4 Å². The quantitative estimate of drug-likeness (QED) is 0.806. The van der Waals surface area contributed by atoms with Crippen molar-refractivity contribution in [3.63, 3.8) is 0 Å². The topological polar surface area (TPSA) is 52.3 Å². The predicted molar refractivity (Wildman–Crippen MR) is 57.8 cm³/mol. The van der Waals surface area contributed by atoms with Crippen LogP contribution < -0.4 is 5.73 Å². The van der Waals surface area contributed by atoms with Gasteiger partial charge in [0.2, 0.25) is 0 Å². The molecule has 3 nitrogen and oxygen atoms in total. The minimum absolute atomic E-state index is 0.350. The Bertz CT molecular complexity index is 434. The van der Waals surface area contributed by atoms with Gasteiger partial charge < -0.3 is 10.5 Å². The SMILES string of the molecule is COC(=O)c1ccc(C2(N)CC(F)(F)C2)cc1. The van der Waals surface area contributed by atoms with E-state index in [2.05, 4.69) is 4.74 Å². The smallest absolute Gasteiger partial charge is 0.337 e. The third-order valence-electron chi connectivity index (χ3n) is 3.03. The Morgan fingerprint density at radius 3 is 2.24 bits per heavy atom. The molecule has 17 heavy (non-hydrogen) atoms. The number of carbonyl (C=O) groups is 1. The van der Waals surface area contributed by atoms with E-state index in [0.717, 1.165) is 0 Å². The van der Waals surface area contributed by atoms with Crippen LogP contribution in [0.5, 0.6) is 0 Å². The van der Waals surface area contributed by atoms with Crippen LogP contribution in [-0.2, 0) is 10.3 Å². The van der Waals surface area contributed by atoms with Crippen LogP contribution in [0.3, 0.4) is 0 Å². The van der Waals surface area contributed by atoms with Crippen LogP contribution in [0.15, 0.2) is 24.3 Å². The summed E-state index contributed by atoms with van der Waals surface area (Å²) >= 11 is 0. The molecule has 0 unspecified atom stereocenters. The number of alkyl halides is 2. The average Bonchev–Trinajstić information content (AvgIpc) is 2.25. The zero-order valence-electron chi connectivity index (χ0n) is 9.37. The Hall–Kier alpha value is -1.49. The summed E-state index contributed by atoms with van der Waals surface area (Å²) in [4.78, 5) is 11.2. The number of methoxy groups -OCH3 is 1. The maximum atomic E-state index is 12.8. The lowest BCUT2D eigenvalue weighted by molar-refractivity contribution is -0.125. The van der Waals surface area contributed by atoms with Crippen molar-refractivity contribution in [1.82, 2.24) is 0 Å². The van der Waals surface area contributed by atoms with E-state index in [1.54, 1.807) is 12.1 Å². The zero-order chi connectivity index (χ0) is 12.7. The monoisotopic (exact) mass is 241 g/mol. The number of ether oxygens (including phenoxy) is 1. The van der Waals surface area contributed by atoms with Crippen LogP contribution in [0.4, 0.5) is 8.78 Å². The molecule has 1 aromatic carbocycles. The Morgan fingerprint density at radius 1 is 1.29 bits per heavy atom. The molecule has 0 amide bonds. The number of hydrogen-bond acceptors (Lipinski definition) is 3. The molecule has 1 saturated carbocycles. The Balaban J connectivity index is 2.17. The molecule has 0 radical (unpaired) electrons. The van der Waals surface area contributed by atoms with E-state index >= 15 is 0 Å². The third kappa shape index (κ3) is 2.15. The normalized spacial score (nSPS) is 20.5. The summed E-state index contributed by atoms with van der Waals surface area (Å²) in [6, 6.07) is 6.27. The fourth-order valence-corrected chi connectivity index (χ4v) is 2.13. The van der Waals surface area contributed by atoms with Gasteiger partial charge in [0, 0.05) is 12.8 Å². The summed E-state index contributed by atoms with van der Waals surface area (Å²) in [7, 11) is 1.28. The highest BCUT2D eigenvalue weighted by Gasteiger charge is 2.55. The number of nitrogens with two attached hydrogens (primary N) is 1. The van der Waals surface area contributed by atoms with Crippen molar-refractivity contribution in [2.75, 3.05) is 7.11 Å². The molecule has 0 bridgehead atoms. The number of carbonyl (C=O) groups excluding carboxylic acids is 1. The van der Waals surface area contributed by atoms with Gasteiger partial charge in [-0.25, -0.2) is 13.6 Å². The summed E-state index contributed by atoms with van der Waals surface area (Å²) in [5, 5.41) is 0. The van der Waals surface area contributed by atoms with Gasteiger partial charge in [-0.1, -0.05) is 12.1 Å². The van der Waals surface area contributed by atoms with Crippen LogP contribution in [0.25, 0.3) is 0 Å². The van der Waals surface area contributed by atoms with Crippen LogP contribution in [0.2, 0.25) is 0 Å². The summed E-state index contributed by atoms with van der Waals surface area (Å²) in [5.74, 6) is -3.13. The highest BCUT2D eigenvalue weighted by molar-refractivity contribution is 5.89. The first-order chi connectivity index (χ1) is 7.86. The van der Waals surface area contributed by atoms with Gasteiger partial charge in [0.05, 0.1) is 18.2 Å². The van der Waals surface area contributed by atoms with Crippen molar-refractivity contribution in [2.45, 2.75) is 24.3 Å². The van der Waals surface area contributed by atoms with E-state index in [4.69, 9.17) is 5.73 Å². The fourth-order valence-electron chi connectivity index (χ4n) is 2.13. The zero-order valence-corrected chi connectivity index (χ0v) is 9.37. The standard InChI is InChI=1S/C12H13F2NO2/c1-17-10(16)8-2-4-9(5-3-8)11(15)6-12(13,14)7-11/h2-5H,6-7,15H2,1H3. The number of benzene rings is 1. The Labute approximate surface area is 97.6 Å². The highest BCUT2D eigenvalue weighted by Crippen LogP contribution is 2.49. The van der Waals surface area contributed by atoms with E-state index < -0.39 is 17.4 Å². The van der Waals surface area contributed by atoms with E-state index in [0.29, 0.717) is 11.1 Å². The summed E-state index contributed by atoms with van der Waals surface area (Å²) in [6.07, 6.45) is -0.699. The van der Waals surface area contributed by atoms with Gasteiger partial charge in [0.15, 0.2) is 0 Å². The molecule has 2 rings (SSSR count). The fraction of sp³-hybridized carbons (Fsp3) is 0.417. The van der Waals surface area contributed by atoms with Crippen molar-refractivity contribution in [2.24, 2.45) is 5.73 Å². The number of halogens is 2. The first-order valence-corrected chi connectivity index (χ1v) is 5.22. The van der Waals surface area contributed by atoms with Crippen LogP contribution in [0.1, 0.15) is 28.8 Å². The molecule has 0 saturated heterocycles. The second-order valence-electron chi connectivity index (χ2n) is 4.43. The second kappa shape index (κ2) is 3.77. The molecule has 1 fully saturated rings. The van der Waals surface area contributed by atoms with Crippen LogP contribution in [-0.4, -0.2) is 19.0 Å². The molecule has 2 N–H and O–H groups in total. The van der Waals surface area contributed by atoms with Crippen molar-refractivity contribution in [3.8, 4) is 0 Å². The Kier molecular flexibility index (Phi) is 2.66. The van der Waals surface area contributed by atoms with Gasteiger partial charge >= 0.3 is 5.97 Å². The largest absolute Gasteiger partial charge is 0.465 e. The molecule has 0 aromatic heterocycles. The third-order valence-corrected chi connectivity index (χ3v) is 3.03. The van der Waals surface area contributed by atoms with E-state index in [1.165, 1.54) is 19.2 Å². The number of rotatable bonds is 2. The number of esters is 1. The molecule has 5 heteroatoms. The van der Waals surface area contributed by atoms with E-state index in [1.807, 2.05) is 0 Å². The molecule has 1 aliphatic carbocycles. The van der Waals surface area contributed by atoms with Crippen LogP contribution in [0, 0.1) is 0 Å². The lowest BCUT2D eigenvalue weighted by Crippen LogP contribution is -2.55. The van der Waals surface area contributed by atoms with Crippen molar-refractivity contribution >= 4 is 5.97 Å². The van der Waals surface area contributed by atoms with Gasteiger partial charge in [0.1, 0.15) is 0 Å².